The van der Waals surface area contributed by atoms with E-state index in [-0.39, 0.29) is 11.6 Å². The zero-order chi connectivity index (χ0) is 14.0. The molecule has 0 fully saturated rings. The minimum Gasteiger partial charge on any atom is -0.398 e. The molecule has 100 valence electrons. The number of nitrogens with two attached hydrogens (primary N) is 1. The van der Waals surface area contributed by atoms with Crippen molar-refractivity contribution in [3.63, 3.8) is 0 Å². The van der Waals surface area contributed by atoms with E-state index in [2.05, 4.69) is 15.9 Å². The summed E-state index contributed by atoms with van der Waals surface area (Å²) < 4.78 is 26.0. The van der Waals surface area contributed by atoms with E-state index >= 15 is 0 Å². The molecule has 6 heteroatoms. The normalized spacial score (nSPS) is 12.4. The Kier molecular flexibility index (Phi) is 4.60. The molecule has 0 radical (unpaired) electrons. The van der Waals surface area contributed by atoms with Gasteiger partial charge in [0.15, 0.2) is 0 Å². The van der Waals surface area contributed by atoms with Gasteiger partial charge in [0.2, 0.25) is 0 Å². The first-order valence-corrected chi connectivity index (χ1v) is 7.85. The Hall–Kier alpha value is -0.910. The highest BCUT2D eigenvalue weighted by Crippen LogP contribution is 2.29. The van der Waals surface area contributed by atoms with Gasteiger partial charge in [-0.15, -0.1) is 0 Å². The van der Waals surface area contributed by atoms with Crippen LogP contribution in [0.15, 0.2) is 45.8 Å². The Labute approximate surface area is 126 Å². The summed E-state index contributed by atoms with van der Waals surface area (Å²) in [4.78, 5) is 0.389. The van der Waals surface area contributed by atoms with Crippen molar-refractivity contribution >= 4 is 44.0 Å². The van der Waals surface area contributed by atoms with Crippen LogP contribution in [0.3, 0.4) is 0 Å². The first kappa shape index (κ1) is 14.5. The van der Waals surface area contributed by atoms with Gasteiger partial charge in [0.25, 0.3) is 0 Å². The van der Waals surface area contributed by atoms with Crippen molar-refractivity contribution in [3.05, 3.63) is 57.3 Å². The van der Waals surface area contributed by atoms with E-state index < -0.39 is 10.8 Å². The first-order valence-electron chi connectivity index (χ1n) is 5.36. The molecule has 0 bridgehead atoms. The highest BCUT2D eigenvalue weighted by Gasteiger charge is 2.15. The Morgan fingerprint density at radius 2 is 1.95 bits per heavy atom. The highest BCUT2D eigenvalue weighted by atomic mass is 79.9. The summed E-state index contributed by atoms with van der Waals surface area (Å²) in [6.45, 7) is 0. The van der Waals surface area contributed by atoms with Crippen LogP contribution in [0, 0.1) is 5.82 Å². The number of halogens is 3. The summed E-state index contributed by atoms with van der Waals surface area (Å²) in [5.74, 6) is -0.242. The van der Waals surface area contributed by atoms with Crippen molar-refractivity contribution < 1.29 is 8.60 Å². The van der Waals surface area contributed by atoms with E-state index in [1.165, 1.54) is 6.07 Å². The quantitative estimate of drug-likeness (QED) is 0.834. The average molecular weight is 363 g/mol. The molecular weight excluding hydrogens is 353 g/mol. The third kappa shape index (κ3) is 3.16. The lowest BCUT2D eigenvalue weighted by Gasteiger charge is -2.09. The molecule has 1 atom stereocenters. The molecule has 0 saturated carbocycles. The number of nitrogen functional groups attached to an aromatic ring is 1. The van der Waals surface area contributed by atoms with Crippen LogP contribution in [-0.2, 0) is 16.6 Å². The summed E-state index contributed by atoms with van der Waals surface area (Å²) in [6, 6.07) is 9.57. The van der Waals surface area contributed by atoms with Crippen LogP contribution < -0.4 is 5.73 Å². The lowest BCUT2D eigenvalue weighted by Crippen LogP contribution is -2.02. The molecule has 2 nitrogen and oxygen atoms in total. The van der Waals surface area contributed by atoms with E-state index in [9.17, 15) is 8.60 Å². The molecule has 0 aromatic heterocycles. The number of anilines is 1. The second-order valence-corrected chi connectivity index (χ2v) is 6.45. The Morgan fingerprint density at radius 3 is 2.63 bits per heavy atom. The van der Waals surface area contributed by atoms with Crippen LogP contribution >= 0.6 is 27.5 Å². The third-order valence-corrected chi connectivity index (χ3v) is 5.34. The maximum Gasteiger partial charge on any atom is 0.137 e. The molecule has 2 aromatic rings. The SMILES string of the molecule is Nc1cccc(Cl)c1S(=O)Cc1cccc(F)c1Br. The van der Waals surface area contributed by atoms with Gasteiger partial charge >= 0.3 is 0 Å². The molecular formula is C13H10BrClFNOS. The van der Waals surface area contributed by atoms with E-state index in [0.29, 0.717) is 25.6 Å². The van der Waals surface area contributed by atoms with Gasteiger partial charge in [-0.05, 0) is 39.7 Å². The summed E-state index contributed by atoms with van der Waals surface area (Å²) in [6.07, 6.45) is 0. The van der Waals surface area contributed by atoms with Crippen LogP contribution in [0.1, 0.15) is 5.56 Å². The van der Waals surface area contributed by atoms with Gasteiger partial charge in [-0.25, -0.2) is 4.39 Å². The van der Waals surface area contributed by atoms with Crippen LogP contribution in [0.25, 0.3) is 0 Å². The van der Waals surface area contributed by atoms with Crippen LogP contribution in [0.2, 0.25) is 5.02 Å². The molecule has 19 heavy (non-hydrogen) atoms. The standard InChI is InChI=1S/C13H10BrClFNOS/c14-12-8(3-1-5-10(12)16)7-19(18)13-9(15)4-2-6-11(13)17/h1-6H,7,17H2. The largest absolute Gasteiger partial charge is 0.398 e. The van der Waals surface area contributed by atoms with Gasteiger partial charge in [0.05, 0.1) is 30.9 Å². The second-order valence-electron chi connectivity index (χ2n) is 3.86. The lowest BCUT2D eigenvalue weighted by atomic mass is 10.2. The molecule has 0 heterocycles. The van der Waals surface area contributed by atoms with Crippen molar-refractivity contribution in [2.75, 3.05) is 5.73 Å². The Balaban J connectivity index is 2.34. The predicted molar refractivity (Wildman–Crippen MR) is 80.1 cm³/mol. The lowest BCUT2D eigenvalue weighted by molar-refractivity contribution is 0.619. The van der Waals surface area contributed by atoms with Crippen LogP contribution in [-0.4, -0.2) is 4.21 Å². The molecule has 0 amide bonds. The van der Waals surface area contributed by atoms with Crippen LogP contribution in [0.4, 0.5) is 10.1 Å². The average Bonchev–Trinajstić information content (AvgIpc) is 2.35. The first-order chi connectivity index (χ1) is 9.00. The van der Waals surface area contributed by atoms with Crippen molar-refractivity contribution in [3.8, 4) is 0 Å². The van der Waals surface area contributed by atoms with Crippen molar-refractivity contribution in [2.45, 2.75) is 10.6 Å². The summed E-state index contributed by atoms with van der Waals surface area (Å²) >= 11 is 9.15. The minimum atomic E-state index is -1.43. The summed E-state index contributed by atoms with van der Waals surface area (Å²) in [5.41, 5.74) is 6.76. The molecule has 0 aliphatic carbocycles. The fraction of sp³-hybridized carbons (Fsp3) is 0.0769. The van der Waals surface area contributed by atoms with Gasteiger partial charge in [0.1, 0.15) is 5.82 Å². The third-order valence-electron chi connectivity index (χ3n) is 2.54. The topological polar surface area (TPSA) is 43.1 Å². The summed E-state index contributed by atoms with van der Waals surface area (Å²) in [7, 11) is -1.43. The van der Waals surface area contributed by atoms with Gasteiger partial charge in [0, 0.05) is 5.69 Å². The van der Waals surface area contributed by atoms with Gasteiger partial charge in [-0.3, -0.25) is 4.21 Å². The Morgan fingerprint density at radius 1 is 1.26 bits per heavy atom. The number of benzene rings is 2. The second kappa shape index (κ2) is 6.03. The fourth-order valence-corrected chi connectivity index (χ4v) is 3.95. The van der Waals surface area contributed by atoms with Crippen molar-refractivity contribution in [1.29, 1.82) is 0 Å². The fourth-order valence-electron chi connectivity index (χ4n) is 1.64. The van der Waals surface area contributed by atoms with E-state index in [1.807, 2.05) is 0 Å². The van der Waals surface area contributed by atoms with Crippen molar-refractivity contribution in [2.24, 2.45) is 0 Å². The number of rotatable bonds is 3. The van der Waals surface area contributed by atoms with Gasteiger partial charge < -0.3 is 5.73 Å². The molecule has 0 aliphatic heterocycles. The maximum absolute atomic E-state index is 13.4. The van der Waals surface area contributed by atoms with Crippen LogP contribution in [0.5, 0.6) is 0 Å². The maximum atomic E-state index is 13.4. The highest BCUT2D eigenvalue weighted by molar-refractivity contribution is 9.10. The zero-order valence-corrected chi connectivity index (χ0v) is 12.9. The molecule has 0 aliphatic rings. The molecule has 2 aromatic carbocycles. The van der Waals surface area contributed by atoms with E-state index in [1.54, 1.807) is 30.3 Å². The molecule has 2 rings (SSSR count). The van der Waals surface area contributed by atoms with E-state index in [0.717, 1.165) is 0 Å². The van der Waals surface area contributed by atoms with Gasteiger partial charge in [-0.1, -0.05) is 29.8 Å². The van der Waals surface area contributed by atoms with Gasteiger partial charge in [-0.2, -0.15) is 0 Å². The Bertz CT molecular complexity index is 630. The monoisotopic (exact) mass is 361 g/mol. The van der Waals surface area contributed by atoms with E-state index in [4.69, 9.17) is 17.3 Å². The molecule has 1 unspecified atom stereocenters. The summed E-state index contributed by atoms with van der Waals surface area (Å²) in [5, 5.41) is 0.353. The molecule has 2 N–H and O–H groups in total. The number of hydrogen-bond donors (Lipinski definition) is 1. The van der Waals surface area contributed by atoms with Crippen molar-refractivity contribution in [1.82, 2.24) is 0 Å². The minimum absolute atomic E-state index is 0.145. The zero-order valence-electron chi connectivity index (χ0n) is 9.70. The number of hydrogen-bond acceptors (Lipinski definition) is 2. The molecule has 0 saturated heterocycles. The predicted octanol–water partition coefficient (Wildman–Crippen LogP) is 4.13. The smallest absolute Gasteiger partial charge is 0.137 e. The molecule has 0 spiro atoms.